The second kappa shape index (κ2) is 2.92. The van der Waals surface area contributed by atoms with Gasteiger partial charge in [0.25, 0.3) is 0 Å². The van der Waals surface area contributed by atoms with Crippen molar-refractivity contribution in [1.82, 2.24) is 4.98 Å². The lowest BCUT2D eigenvalue weighted by Crippen LogP contribution is -2.00. The Kier molecular flexibility index (Phi) is 2.14. The van der Waals surface area contributed by atoms with Crippen LogP contribution in [0.5, 0.6) is 0 Å². The minimum atomic E-state index is -1.00. The molecule has 1 aromatic heterocycles. The Balaban J connectivity index is 3.09. The van der Waals surface area contributed by atoms with Crippen LogP contribution < -0.4 is 0 Å². The molecular formula is C7H7F2NO. The Labute approximate surface area is 62.5 Å². The lowest BCUT2D eigenvalue weighted by molar-refractivity contribution is 0.188. The second-order valence-electron chi connectivity index (χ2n) is 2.20. The van der Waals surface area contributed by atoms with Gasteiger partial charge in [-0.3, -0.25) is 4.98 Å². The molecule has 0 bridgehead atoms. The molecule has 1 aromatic rings. The van der Waals surface area contributed by atoms with E-state index < -0.39 is 17.7 Å². The van der Waals surface area contributed by atoms with Crippen LogP contribution in [0.2, 0.25) is 0 Å². The number of pyridine rings is 1. The van der Waals surface area contributed by atoms with Gasteiger partial charge >= 0.3 is 0 Å². The number of hydrogen-bond acceptors (Lipinski definition) is 2. The molecule has 1 N–H and O–H groups in total. The maximum atomic E-state index is 12.6. The Morgan fingerprint density at radius 1 is 1.55 bits per heavy atom. The third-order valence-corrected chi connectivity index (χ3v) is 1.23. The molecule has 0 aliphatic carbocycles. The molecule has 11 heavy (non-hydrogen) atoms. The van der Waals surface area contributed by atoms with E-state index in [1.54, 1.807) is 0 Å². The highest BCUT2D eigenvalue weighted by molar-refractivity contribution is 5.10. The second-order valence-corrected chi connectivity index (χ2v) is 2.20. The molecule has 0 radical (unpaired) electrons. The van der Waals surface area contributed by atoms with Gasteiger partial charge in [0.05, 0.1) is 12.3 Å². The van der Waals surface area contributed by atoms with Crippen molar-refractivity contribution in [3.63, 3.8) is 0 Å². The van der Waals surface area contributed by atoms with Gasteiger partial charge in [0.1, 0.15) is 17.3 Å². The van der Waals surface area contributed by atoms with E-state index in [9.17, 15) is 8.78 Å². The summed E-state index contributed by atoms with van der Waals surface area (Å²) in [5.74, 6) is -1.56. The van der Waals surface area contributed by atoms with E-state index >= 15 is 0 Å². The Hall–Kier alpha value is -1.03. The first kappa shape index (κ1) is 8.07. The average molecular weight is 159 g/mol. The van der Waals surface area contributed by atoms with Gasteiger partial charge in [-0.2, -0.15) is 0 Å². The average Bonchev–Trinajstić information content (AvgIpc) is 1.85. The summed E-state index contributed by atoms with van der Waals surface area (Å²) in [5.41, 5.74) is -0.133. The van der Waals surface area contributed by atoms with Crippen LogP contribution in [-0.4, -0.2) is 10.1 Å². The highest BCUT2D eigenvalue weighted by atomic mass is 19.1. The van der Waals surface area contributed by atoms with Crippen molar-refractivity contribution < 1.29 is 13.9 Å². The van der Waals surface area contributed by atoms with Crippen LogP contribution in [0.3, 0.4) is 0 Å². The smallest absolute Gasteiger partial charge is 0.150 e. The van der Waals surface area contributed by atoms with E-state index in [0.717, 1.165) is 6.20 Å². The summed E-state index contributed by atoms with van der Waals surface area (Å²) in [6.07, 6.45) is -0.138. The topological polar surface area (TPSA) is 33.1 Å². The summed E-state index contributed by atoms with van der Waals surface area (Å²) in [5, 5.41) is 8.87. The van der Waals surface area contributed by atoms with Crippen molar-refractivity contribution >= 4 is 0 Å². The molecule has 0 aliphatic rings. The van der Waals surface area contributed by atoms with E-state index in [-0.39, 0.29) is 5.69 Å². The minimum Gasteiger partial charge on any atom is -0.387 e. The van der Waals surface area contributed by atoms with E-state index in [1.165, 1.54) is 6.92 Å². The van der Waals surface area contributed by atoms with Gasteiger partial charge in [-0.15, -0.1) is 0 Å². The van der Waals surface area contributed by atoms with Gasteiger partial charge < -0.3 is 5.11 Å². The van der Waals surface area contributed by atoms with Crippen molar-refractivity contribution in [3.8, 4) is 0 Å². The SMILES string of the molecule is C[C@H](O)c1ncc(F)cc1F. The van der Waals surface area contributed by atoms with Crippen molar-refractivity contribution in [2.45, 2.75) is 13.0 Å². The van der Waals surface area contributed by atoms with Crippen LogP contribution in [0.25, 0.3) is 0 Å². The molecule has 0 aliphatic heterocycles. The van der Waals surface area contributed by atoms with Crippen LogP contribution in [0, 0.1) is 11.6 Å². The third-order valence-electron chi connectivity index (χ3n) is 1.23. The number of aliphatic hydroxyl groups excluding tert-OH is 1. The molecule has 0 unspecified atom stereocenters. The zero-order valence-electron chi connectivity index (χ0n) is 5.88. The van der Waals surface area contributed by atoms with Crippen LogP contribution in [0.15, 0.2) is 12.3 Å². The highest BCUT2D eigenvalue weighted by Crippen LogP contribution is 2.13. The van der Waals surface area contributed by atoms with Gasteiger partial charge in [0, 0.05) is 6.07 Å². The molecule has 1 rings (SSSR count). The number of aliphatic hydroxyl groups is 1. The summed E-state index contributed by atoms with van der Waals surface area (Å²) >= 11 is 0. The molecule has 0 amide bonds. The molecule has 0 fully saturated rings. The van der Waals surface area contributed by atoms with Gasteiger partial charge in [0.15, 0.2) is 0 Å². The minimum absolute atomic E-state index is 0.133. The zero-order valence-corrected chi connectivity index (χ0v) is 5.88. The van der Waals surface area contributed by atoms with Gasteiger partial charge in [-0.1, -0.05) is 0 Å². The predicted molar refractivity (Wildman–Crippen MR) is 34.8 cm³/mol. The molecule has 0 aromatic carbocycles. The summed E-state index contributed by atoms with van der Waals surface area (Å²) in [6.45, 7) is 1.36. The number of rotatable bonds is 1. The normalized spacial score (nSPS) is 13.1. The first-order chi connectivity index (χ1) is 5.11. The standard InChI is InChI=1S/C7H7F2NO/c1-4(11)7-6(9)2-5(8)3-10-7/h2-4,11H,1H3/t4-/m0/s1. The molecule has 0 saturated heterocycles. The molecule has 4 heteroatoms. The molecule has 0 spiro atoms. The fraction of sp³-hybridized carbons (Fsp3) is 0.286. The fourth-order valence-electron chi connectivity index (χ4n) is 0.733. The van der Waals surface area contributed by atoms with Crippen LogP contribution >= 0.6 is 0 Å². The van der Waals surface area contributed by atoms with Crippen molar-refractivity contribution in [3.05, 3.63) is 29.6 Å². The number of hydrogen-bond donors (Lipinski definition) is 1. The fourth-order valence-corrected chi connectivity index (χ4v) is 0.733. The quantitative estimate of drug-likeness (QED) is 0.672. The van der Waals surface area contributed by atoms with Gasteiger partial charge in [-0.25, -0.2) is 8.78 Å². The lowest BCUT2D eigenvalue weighted by Gasteiger charge is -2.03. The first-order valence-electron chi connectivity index (χ1n) is 3.10. The Morgan fingerprint density at radius 3 is 2.64 bits per heavy atom. The van der Waals surface area contributed by atoms with E-state index in [4.69, 9.17) is 5.11 Å². The van der Waals surface area contributed by atoms with Crippen LogP contribution in [0.1, 0.15) is 18.7 Å². The number of halogens is 2. The van der Waals surface area contributed by atoms with Crippen molar-refractivity contribution in [1.29, 1.82) is 0 Å². The lowest BCUT2D eigenvalue weighted by atomic mass is 10.2. The van der Waals surface area contributed by atoms with Gasteiger partial charge in [0.2, 0.25) is 0 Å². The first-order valence-corrected chi connectivity index (χ1v) is 3.10. The van der Waals surface area contributed by atoms with Crippen molar-refractivity contribution in [2.24, 2.45) is 0 Å². The maximum Gasteiger partial charge on any atom is 0.150 e. The highest BCUT2D eigenvalue weighted by Gasteiger charge is 2.09. The summed E-state index contributed by atoms with van der Waals surface area (Å²) < 4.78 is 24.9. The summed E-state index contributed by atoms with van der Waals surface area (Å²) in [7, 11) is 0. The van der Waals surface area contributed by atoms with E-state index in [1.807, 2.05) is 0 Å². The molecule has 0 saturated carbocycles. The number of aromatic nitrogens is 1. The molecule has 60 valence electrons. The monoisotopic (exact) mass is 159 g/mol. The van der Waals surface area contributed by atoms with Crippen LogP contribution in [0.4, 0.5) is 8.78 Å². The number of nitrogens with zero attached hydrogens (tertiary/aromatic N) is 1. The largest absolute Gasteiger partial charge is 0.387 e. The Morgan fingerprint density at radius 2 is 2.18 bits per heavy atom. The van der Waals surface area contributed by atoms with E-state index in [0.29, 0.717) is 6.07 Å². The van der Waals surface area contributed by atoms with E-state index in [2.05, 4.69) is 4.98 Å². The molecule has 1 atom stereocenters. The summed E-state index contributed by atoms with van der Waals surface area (Å²) in [6, 6.07) is 0.690. The maximum absolute atomic E-state index is 12.6. The Bertz CT molecular complexity index is 263. The zero-order chi connectivity index (χ0) is 8.43. The summed E-state index contributed by atoms with van der Waals surface area (Å²) in [4.78, 5) is 3.38. The molecule has 2 nitrogen and oxygen atoms in total. The molecule has 1 heterocycles. The van der Waals surface area contributed by atoms with Crippen LogP contribution in [-0.2, 0) is 0 Å². The predicted octanol–water partition coefficient (Wildman–Crippen LogP) is 1.41. The third kappa shape index (κ3) is 1.71. The molecular weight excluding hydrogens is 152 g/mol. The van der Waals surface area contributed by atoms with Crippen molar-refractivity contribution in [2.75, 3.05) is 0 Å². The van der Waals surface area contributed by atoms with Gasteiger partial charge in [-0.05, 0) is 6.92 Å².